The summed E-state index contributed by atoms with van der Waals surface area (Å²) in [5.41, 5.74) is 1.82. The summed E-state index contributed by atoms with van der Waals surface area (Å²) >= 11 is 0. The molecule has 2 saturated heterocycles. The molecule has 2 fully saturated rings. The zero-order valence-electron chi connectivity index (χ0n) is 15.0. The molecule has 2 aromatic rings. The van der Waals surface area contributed by atoms with Gasteiger partial charge in [-0.2, -0.15) is 4.31 Å². The molecular formula is C19H22N4O3S. The maximum Gasteiger partial charge on any atom is 0.243 e. The summed E-state index contributed by atoms with van der Waals surface area (Å²) in [5.74, 6) is 0.0952. The highest BCUT2D eigenvalue weighted by Crippen LogP contribution is 2.25. The minimum atomic E-state index is -3.53. The lowest BCUT2D eigenvalue weighted by Gasteiger charge is -2.35. The summed E-state index contributed by atoms with van der Waals surface area (Å²) in [5, 5.41) is 0. The van der Waals surface area contributed by atoms with Crippen LogP contribution in [0.15, 0.2) is 53.7 Å². The number of hydrogen-bond donors (Lipinski definition) is 0. The number of amides is 1. The SMILES string of the molecule is O=C1CCCN1c1ccc(S(=O)(=O)N2CCN(c3ccncc3)CC2)cc1. The summed E-state index contributed by atoms with van der Waals surface area (Å²) < 4.78 is 27.4. The maximum atomic E-state index is 12.9. The predicted octanol–water partition coefficient (Wildman–Crippen LogP) is 1.72. The van der Waals surface area contributed by atoms with Gasteiger partial charge < -0.3 is 9.80 Å². The Kier molecular flexibility index (Phi) is 4.84. The molecule has 0 spiro atoms. The van der Waals surface area contributed by atoms with E-state index >= 15 is 0 Å². The molecule has 27 heavy (non-hydrogen) atoms. The van der Waals surface area contributed by atoms with E-state index in [0.29, 0.717) is 39.1 Å². The standard InChI is InChI=1S/C19H22N4O3S/c24-19-2-1-11-23(19)17-3-5-18(6-4-17)27(25,26)22-14-12-21(13-15-22)16-7-9-20-10-8-16/h3-10H,1-2,11-15H2. The fraction of sp³-hybridized carbons (Fsp3) is 0.368. The summed E-state index contributed by atoms with van der Waals surface area (Å²) in [6.07, 6.45) is 4.89. The van der Waals surface area contributed by atoms with Crippen LogP contribution in [0.25, 0.3) is 0 Å². The van der Waals surface area contributed by atoms with Crippen LogP contribution in [-0.2, 0) is 14.8 Å². The van der Waals surface area contributed by atoms with Crippen LogP contribution in [0.5, 0.6) is 0 Å². The van der Waals surface area contributed by atoms with E-state index in [0.717, 1.165) is 17.8 Å². The van der Waals surface area contributed by atoms with Crippen LogP contribution in [0.3, 0.4) is 0 Å². The second-order valence-electron chi connectivity index (χ2n) is 6.74. The highest BCUT2D eigenvalue weighted by atomic mass is 32.2. The van der Waals surface area contributed by atoms with Gasteiger partial charge in [0, 0.05) is 62.9 Å². The van der Waals surface area contributed by atoms with Crippen LogP contribution < -0.4 is 9.80 Å². The van der Waals surface area contributed by atoms with Crippen molar-refractivity contribution in [2.45, 2.75) is 17.7 Å². The molecule has 0 N–H and O–H groups in total. The van der Waals surface area contributed by atoms with Gasteiger partial charge in [0.1, 0.15) is 0 Å². The Morgan fingerprint density at radius 1 is 0.815 bits per heavy atom. The smallest absolute Gasteiger partial charge is 0.243 e. The Bertz CT molecular complexity index is 908. The molecule has 1 amide bonds. The third-order valence-corrected chi connectivity index (χ3v) is 7.04. The van der Waals surface area contributed by atoms with Gasteiger partial charge in [0.05, 0.1) is 4.90 Å². The monoisotopic (exact) mass is 386 g/mol. The molecule has 0 aliphatic carbocycles. The third kappa shape index (κ3) is 3.54. The number of aromatic nitrogens is 1. The summed E-state index contributed by atoms with van der Waals surface area (Å²) in [6, 6.07) is 10.5. The zero-order valence-corrected chi connectivity index (χ0v) is 15.8. The van der Waals surface area contributed by atoms with Crippen molar-refractivity contribution in [3.63, 3.8) is 0 Å². The third-order valence-electron chi connectivity index (χ3n) is 5.13. The maximum absolute atomic E-state index is 12.9. The van der Waals surface area contributed by atoms with Gasteiger partial charge in [-0.1, -0.05) is 0 Å². The fourth-order valence-corrected chi connectivity index (χ4v) is 5.03. The van der Waals surface area contributed by atoms with E-state index in [-0.39, 0.29) is 10.8 Å². The Morgan fingerprint density at radius 3 is 2.07 bits per heavy atom. The summed E-state index contributed by atoms with van der Waals surface area (Å²) in [7, 11) is -3.53. The number of piperazine rings is 1. The van der Waals surface area contributed by atoms with Gasteiger partial charge in [-0.25, -0.2) is 8.42 Å². The van der Waals surface area contributed by atoms with E-state index in [1.165, 1.54) is 4.31 Å². The number of pyridine rings is 1. The van der Waals surface area contributed by atoms with Crippen LogP contribution in [-0.4, -0.2) is 56.3 Å². The number of nitrogens with zero attached hydrogens (tertiary/aromatic N) is 4. The van der Waals surface area contributed by atoms with Crippen molar-refractivity contribution in [3.05, 3.63) is 48.8 Å². The van der Waals surface area contributed by atoms with Crippen LogP contribution in [0.1, 0.15) is 12.8 Å². The molecule has 3 heterocycles. The van der Waals surface area contributed by atoms with Gasteiger partial charge in [-0.05, 0) is 42.8 Å². The van der Waals surface area contributed by atoms with Crippen molar-refractivity contribution in [2.24, 2.45) is 0 Å². The van der Waals surface area contributed by atoms with Gasteiger partial charge in [0.25, 0.3) is 0 Å². The number of benzene rings is 1. The van der Waals surface area contributed by atoms with E-state index in [9.17, 15) is 13.2 Å². The Morgan fingerprint density at radius 2 is 1.48 bits per heavy atom. The number of sulfonamides is 1. The molecule has 0 bridgehead atoms. The average Bonchev–Trinajstić information content (AvgIpc) is 3.15. The van der Waals surface area contributed by atoms with Crippen molar-refractivity contribution in [2.75, 3.05) is 42.5 Å². The van der Waals surface area contributed by atoms with E-state index in [1.54, 1.807) is 41.6 Å². The van der Waals surface area contributed by atoms with Crippen LogP contribution in [0, 0.1) is 0 Å². The van der Waals surface area contributed by atoms with Crippen molar-refractivity contribution < 1.29 is 13.2 Å². The van der Waals surface area contributed by atoms with Crippen LogP contribution >= 0.6 is 0 Å². The van der Waals surface area contributed by atoms with Crippen molar-refractivity contribution in [3.8, 4) is 0 Å². The van der Waals surface area contributed by atoms with Crippen molar-refractivity contribution in [1.29, 1.82) is 0 Å². The molecule has 0 saturated carbocycles. The second-order valence-corrected chi connectivity index (χ2v) is 8.68. The van der Waals surface area contributed by atoms with E-state index < -0.39 is 10.0 Å². The quantitative estimate of drug-likeness (QED) is 0.800. The van der Waals surface area contributed by atoms with Gasteiger partial charge in [-0.15, -0.1) is 0 Å². The number of hydrogen-bond acceptors (Lipinski definition) is 5. The molecule has 7 nitrogen and oxygen atoms in total. The number of carbonyl (C=O) groups excluding carboxylic acids is 1. The first-order chi connectivity index (χ1) is 13.1. The molecule has 1 aromatic carbocycles. The molecule has 1 aromatic heterocycles. The minimum absolute atomic E-state index is 0.0952. The van der Waals surface area contributed by atoms with Crippen molar-refractivity contribution in [1.82, 2.24) is 9.29 Å². The molecule has 4 rings (SSSR count). The number of carbonyl (C=O) groups is 1. The van der Waals surface area contributed by atoms with Gasteiger partial charge in [0.15, 0.2) is 0 Å². The van der Waals surface area contributed by atoms with E-state index in [1.807, 2.05) is 12.1 Å². The van der Waals surface area contributed by atoms with Crippen LogP contribution in [0.4, 0.5) is 11.4 Å². The molecular weight excluding hydrogens is 364 g/mol. The Hall–Kier alpha value is -2.45. The Balaban J connectivity index is 1.45. The zero-order chi connectivity index (χ0) is 18.9. The molecule has 0 atom stereocenters. The molecule has 142 valence electrons. The van der Waals surface area contributed by atoms with Gasteiger partial charge in [-0.3, -0.25) is 9.78 Å². The average molecular weight is 386 g/mol. The second kappa shape index (κ2) is 7.28. The first-order valence-corrected chi connectivity index (χ1v) is 10.6. The highest BCUT2D eigenvalue weighted by molar-refractivity contribution is 7.89. The number of anilines is 2. The summed E-state index contributed by atoms with van der Waals surface area (Å²) in [4.78, 5) is 20.0. The minimum Gasteiger partial charge on any atom is -0.369 e. The highest BCUT2D eigenvalue weighted by Gasteiger charge is 2.29. The van der Waals surface area contributed by atoms with E-state index in [4.69, 9.17) is 0 Å². The predicted molar refractivity (Wildman–Crippen MR) is 103 cm³/mol. The molecule has 0 radical (unpaired) electrons. The number of rotatable bonds is 4. The first kappa shape index (κ1) is 17.9. The lowest BCUT2D eigenvalue weighted by atomic mass is 10.3. The van der Waals surface area contributed by atoms with Gasteiger partial charge >= 0.3 is 0 Å². The lowest BCUT2D eigenvalue weighted by Crippen LogP contribution is -2.48. The topological polar surface area (TPSA) is 73.8 Å². The molecule has 2 aliphatic heterocycles. The summed E-state index contributed by atoms with van der Waals surface area (Å²) in [6.45, 7) is 2.86. The molecule has 0 unspecified atom stereocenters. The largest absolute Gasteiger partial charge is 0.369 e. The Labute approximate surface area is 159 Å². The molecule has 8 heteroatoms. The first-order valence-electron chi connectivity index (χ1n) is 9.11. The fourth-order valence-electron chi connectivity index (χ4n) is 3.61. The van der Waals surface area contributed by atoms with Gasteiger partial charge in [0.2, 0.25) is 15.9 Å². The lowest BCUT2D eigenvalue weighted by molar-refractivity contribution is -0.117. The molecule has 2 aliphatic rings. The van der Waals surface area contributed by atoms with E-state index in [2.05, 4.69) is 9.88 Å². The normalized spacial score (nSPS) is 18.9. The van der Waals surface area contributed by atoms with Crippen LogP contribution in [0.2, 0.25) is 0 Å². The van der Waals surface area contributed by atoms with Crippen molar-refractivity contribution >= 4 is 27.3 Å².